The number of benzene rings is 6. The first kappa shape index (κ1) is 26.6. The third kappa shape index (κ3) is 4.05. The van der Waals surface area contributed by atoms with Gasteiger partial charge >= 0.3 is 0 Å². The van der Waals surface area contributed by atoms with E-state index < -0.39 is 0 Å². The van der Waals surface area contributed by atoms with Crippen molar-refractivity contribution in [2.45, 2.75) is 19.3 Å². The molecule has 0 saturated heterocycles. The standard InChI is InChI=1S/C43H31N3/c1-43(2)36-17-9-6-14-32(36)33-25-24-31(26-37(33)43)28-20-22-29(23-21-28)38-27-41(45-42(44-38)30-12-4-3-5-13-30)46-39-18-10-7-15-34(39)35-16-8-11-19-40(35)46/h3-27H,1-2H3. The molecule has 0 aliphatic heterocycles. The molecule has 0 radical (unpaired) electrons. The van der Waals surface area contributed by atoms with E-state index in [4.69, 9.17) is 9.97 Å². The zero-order valence-corrected chi connectivity index (χ0v) is 25.8. The first-order valence-corrected chi connectivity index (χ1v) is 15.8. The van der Waals surface area contributed by atoms with Crippen LogP contribution >= 0.6 is 0 Å². The van der Waals surface area contributed by atoms with Gasteiger partial charge in [0.1, 0.15) is 5.82 Å². The van der Waals surface area contributed by atoms with Crippen molar-refractivity contribution >= 4 is 21.8 Å². The van der Waals surface area contributed by atoms with Gasteiger partial charge in [-0.25, -0.2) is 9.97 Å². The van der Waals surface area contributed by atoms with Crippen LogP contribution in [0.3, 0.4) is 0 Å². The summed E-state index contributed by atoms with van der Waals surface area (Å²) in [7, 11) is 0. The molecule has 0 amide bonds. The van der Waals surface area contributed by atoms with Gasteiger partial charge in [0.05, 0.1) is 16.7 Å². The molecule has 0 unspecified atom stereocenters. The van der Waals surface area contributed by atoms with E-state index in [1.165, 1.54) is 44.2 Å². The van der Waals surface area contributed by atoms with Gasteiger partial charge in [-0.15, -0.1) is 0 Å². The number of fused-ring (bicyclic) bond motifs is 6. The van der Waals surface area contributed by atoms with Crippen molar-refractivity contribution < 1.29 is 0 Å². The first-order chi connectivity index (χ1) is 22.6. The molecule has 6 aromatic carbocycles. The molecule has 0 fully saturated rings. The zero-order chi connectivity index (χ0) is 30.8. The summed E-state index contributed by atoms with van der Waals surface area (Å²) in [6.07, 6.45) is 0. The van der Waals surface area contributed by atoms with E-state index in [1.54, 1.807) is 0 Å². The molecular formula is C43H31N3. The molecule has 46 heavy (non-hydrogen) atoms. The van der Waals surface area contributed by atoms with Crippen molar-refractivity contribution in [3.8, 4) is 50.7 Å². The van der Waals surface area contributed by atoms with Gasteiger partial charge in [0.2, 0.25) is 0 Å². The summed E-state index contributed by atoms with van der Waals surface area (Å²) in [5.74, 6) is 1.56. The molecule has 9 rings (SSSR count). The lowest BCUT2D eigenvalue weighted by Crippen LogP contribution is -2.14. The molecule has 3 heteroatoms. The highest BCUT2D eigenvalue weighted by Crippen LogP contribution is 2.49. The highest BCUT2D eigenvalue weighted by atomic mass is 15.1. The van der Waals surface area contributed by atoms with E-state index in [2.05, 4.69) is 152 Å². The molecule has 8 aromatic rings. The zero-order valence-electron chi connectivity index (χ0n) is 25.8. The molecule has 0 saturated carbocycles. The minimum absolute atomic E-state index is 0.0279. The molecule has 1 aliphatic rings. The predicted octanol–water partition coefficient (Wildman–Crippen LogP) is 10.9. The Bertz CT molecular complexity index is 2380. The summed E-state index contributed by atoms with van der Waals surface area (Å²) in [6.45, 7) is 4.66. The molecule has 3 nitrogen and oxygen atoms in total. The van der Waals surface area contributed by atoms with Crippen LogP contribution in [0.4, 0.5) is 0 Å². The molecule has 218 valence electrons. The highest BCUT2D eigenvalue weighted by Gasteiger charge is 2.35. The van der Waals surface area contributed by atoms with E-state index in [0.29, 0.717) is 5.82 Å². The Morgan fingerprint density at radius 1 is 0.457 bits per heavy atom. The second-order valence-corrected chi connectivity index (χ2v) is 12.7. The quantitative estimate of drug-likeness (QED) is 0.204. The van der Waals surface area contributed by atoms with Gasteiger partial charge in [-0.05, 0) is 51.6 Å². The van der Waals surface area contributed by atoms with Crippen LogP contribution < -0.4 is 0 Å². The number of nitrogens with zero attached hydrogens (tertiary/aromatic N) is 3. The normalized spacial score (nSPS) is 13.2. The Balaban J connectivity index is 1.17. The van der Waals surface area contributed by atoms with Crippen LogP contribution in [0.2, 0.25) is 0 Å². The molecule has 2 heterocycles. The van der Waals surface area contributed by atoms with E-state index in [1.807, 2.05) is 18.2 Å². The molecule has 1 aliphatic carbocycles. The van der Waals surface area contributed by atoms with Gasteiger partial charge in [0.25, 0.3) is 0 Å². The van der Waals surface area contributed by atoms with E-state index in [0.717, 1.165) is 33.7 Å². The second-order valence-electron chi connectivity index (χ2n) is 12.7. The summed E-state index contributed by atoms with van der Waals surface area (Å²) in [6, 6.07) is 54.0. The molecule has 0 bridgehead atoms. The minimum Gasteiger partial charge on any atom is -0.294 e. The number of hydrogen-bond acceptors (Lipinski definition) is 2. The molecule has 0 atom stereocenters. The van der Waals surface area contributed by atoms with Crippen molar-refractivity contribution in [3.63, 3.8) is 0 Å². The fourth-order valence-electron chi connectivity index (χ4n) is 7.30. The van der Waals surface area contributed by atoms with Gasteiger partial charge in [0.15, 0.2) is 5.82 Å². The summed E-state index contributed by atoms with van der Waals surface area (Å²) < 4.78 is 2.26. The Morgan fingerprint density at radius 2 is 1.04 bits per heavy atom. The smallest absolute Gasteiger partial charge is 0.162 e. The highest BCUT2D eigenvalue weighted by molar-refractivity contribution is 6.09. The number of hydrogen-bond donors (Lipinski definition) is 0. The van der Waals surface area contributed by atoms with Crippen LogP contribution in [-0.2, 0) is 5.41 Å². The van der Waals surface area contributed by atoms with Crippen LogP contribution in [0.5, 0.6) is 0 Å². The summed E-state index contributed by atoms with van der Waals surface area (Å²) in [4.78, 5) is 10.3. The largest absolute Gasteiger partial charge is 0.294 e. The van der Waals surface area contributed by atoms with Gasteiger partial charge in [-0.2, -0.15) is 0 Å². The third-order valence-corrected chi connectivity index (χ3v) is 9.65. The number of aromatic nitrogens is 3. The van der Waals surface area contributed by atoms with Crippen LogP contribution in [0.25, 0.3) is 72.5 Å². The van der Waals surface area contributed by atoms with Crippen molar-refractivity contribution in [1.29, 1.82) is 0 Å². The second kappa shape index (κ2) is 10.1. The lowest BCUT2D eigenvalue weighted by molar-refractivity contribution is 0.660. The summed E-state index contributed by atoms with van der Waals surface area (Å²) >= 11 is 0. The van der Waals surface area contributed by atoms with Gasteiger partial charge in [-0.3, -0.25) is 4.57 Å². The average Bonchev–Trinajstić information content (AvgIpc) is 3.57. The van der Waals surface area contributed by atoms with Gasteiger partial charge < -0.3 is 0 Å². The fraction of sp³-hybridized carbons (Fsp3) is 0.0698. The van der Waals surface area contributed by atoms with Crippen LogP contribution in [-0.4, -0.2) is 14.5 Å². The minimum atomic E-state index is -0.0279. The summed E-state index contributed by atoms with van der Waals surface area (Å²) in [5.41, 5.74) is 13.1. The van der Waals surface area contributed by atoms with Gasteiger partial charge in [0, 0.05) is 33.4 Å². The molecule has 0 spiro atoms. The van der Waals surface area contributed by atoms with Crippen LogP contribution in [0.15, 0.2) is 152 Å². The third-order valence-electron chi connectivity index (χ3n) is 9.65. The Morgan fingerprint density at radius 3 is 1.78 bits per heavy atom. The fourth-order valence-corrected chi connectivity index (χ4v) is 7.30. The lowest BCUT2D eigenvalue weighted by atomic mass is 9.81. The Hall–Kier alpha value is -5.80. The SMILES string of the molecule is CC1(C)c2ccccc2-c2ccc(-c3ccc(-c4cc(-n5c6ccccc6c6ccccc65)nc(-c5ccccc5)n4)cc3)cc21. The maximum atomic E-state index is 5.15. The van der Waals surface area contributed by atoms with Crippen LogP contribution in [0, 0.1) is 0 Å². The predicted molar refractivity (Wildman–Crippen MR) is 190 cm³/mol. The van der Waals surface area contributed by atoms with Crippen molar-refractivity contribution in [1.82, 2.24) is 14.5 Å². The number of rotatable bonds is 4. The van der Waals surface area contributed by atoms with Gasteiger partial charge in [-0.1, -0.05) is 141 Å². The monoisotopic (exact) mass is 589 g/mol. The molecule has 0 N–H and O–H groups in total. The first-order valence-electron chi connectivity index (χ1n) is 15.8. The van der Waals surface area contributed by atoms with E-state index >= 15 is 0 Å². The topological polar surface area (TPSA) is 30.7 Å². The molecule has 2 aromatic heterocycles. The van der Waals surface area contributed by atoms with Crippen molar-refractivity contribution in [2.75, 3.05) is 0 Å². The number of para-hydroxylation sites is 2. The maximum Gasteiger partial charge on any atom is 0.162 e. The Kier molecular flexibility index (Phi) is 5.85. The van der Waals surface area contributed by atoms with Crippen molar-refractivity contribution in [2.24, 2.45) is 0 Å². The summed E-state index contributed by atoms with van der Waals surface area (Å²) in [5, 5.41) is 2.42. The lowest BCUT2D eigenvalue weighted by Gasteiger charge is -2.22. The van der Waals surface area contributed by atoms with Crippen LogP contribution in [0.1, 0.15) is 25.0 Å². The van der Waals surface area contributed by atoms with E-state index in [-0.39, 0.29) is 5.41 Å². The maximum absolute atomic E-state index is 5.15. The molecular weight excluding hydrogens is 558 g/mol. The Labute approximate surface area is 268 Å². The average molecular weight is 590 g/mol. The van der Waals surface area contributed by atoms with Crippen molar-refractivity contribution in [3.05, 3.63) is 163 Å². The van der Waals surface area contributed by atoms with E-state index in [9.17, 15) is 0 Å².